The van der Waals surface area contributed by atoms with Gasteiger partial charge in [0.25, 0.3) is 0 Å². The molecule has 0 unspecified atom stereocenters. The minimum atomic E-state index is 0. The molecule has 0 spiro atoms. The van der Waals surface area contributed by atoms with Gasteiger partial charge in [-0.3, -0.25) is 0 Å². The van der Waals surface area contributed by atoms with Gasteiger partial charge in [-0.1, -0.05) is 59.3 Å². The summed E-state index contributed by atoms with van der Waals surface area (Å²) in [5, 5.41) is 0. The summed E-state index contributed by atoms with van der Waals surface area (Å²) in [5.74, 6) is 2.06. The van der Waals surface area contributed by atoms with E-state index in [0.717, 1.165) is 0 Å². The number of rotatable bonds is 3. The van der Waals surface area contributed by atoms with Crippen molar-refractivity contribution in [3.8, 4) is 0 Å². The molecule has 0 saturated heterocycles. The van der Waals surface area contributed by atoms with Crippen LogP contribution in [0.5, 0.6) is 0 Å². The molecule has 0 bridgehead atoms. The molecule has 0 fully saturated rings. The molecule has 3 aromatic carbocycles. The van der Waals surface area contributed by atoms with Gasteiger partial charge in [-0.2, -0.15) is 53.1 Å². The largest absolute Gasteiger partial charge is 3.00 e. The average molecular weight is 462 g/mol. The molecular weight excluding hydrogens is 428 g/mol. The molecule has 0 N–H and O–H groups in total. The number of hydrogen-bond donors (Lipinski definition) is 0. The number of hydrogen-bond acceptors (Lipinski definition) is 0. The van der Waals surface area contributed by atoms with E-state index in [1.165, 1.54) is 16.7 Å². The van der Waals surface area contributed by atoms with E-state index in [0.29, 0.717) is 17.8 Å². The SMILES string of the molecule is CC(C)[c-]1cccc1.CC(C)[c-]1cccc1.CC(C)[c-]1cccc1.[Ce+3]. The Morgan fingerprint density at radius 2 is 0.560 bits per heavy atom. The fraction of sp³-hybridized carbons (Fsp3) is 0.375. The summed E-state index contributed by atoms with van der Waals surface area (Å²) in [6.07, 6.45) is 0. The summed E-state index contributed by atoms with van der Waals surface area (Å²) in [6, 6.07) is 25.4. The molecule has 25 heavy (non-hydrogen) atoms. The molecule has 0 nitrogen and oxygen atoms in total. The summed E-state index contributed by atoms with van der Waals surface area (Å²) in [7, 11) is 0. The molecule has 1 heteroatoms. The van der Waals surface area contributed by atoms with E-state index in [9.17, 15) is 0 Å². The Kier molecular flexibility index (Phi) is 13.3. The average Bonchev–Trinajstić information content (AvgIpc) is 3.29. The van der Waals surface area contributed by atoms with Gasteiger partial charge in [0.2, 0.25) is 0 Å². The molecular formula is C24H33Ce. The first kappa shape index (κ1) is 24.4. The van der Waals surface area contributed by atoms with Crippen LogP contribution in [0.1, 0.15) is 76.0 Å². The van der Waals surface area contributed by atoms with Crippen molar-refractivity contribution in [1.82, 2.24) is 0 Å². The maximum absolute atomic E-state index is 2.20. The molecule has 0 heterocycles. The van der Waals surface area contributed by atoms with Crippen molar-refractivity contribution >= 4 is 0 Å². The molecule has 0 aliphatic carbocycles. The Morgan fingerprint density at radius 3 is 0.640 bits per heavy atom. The van der Waals surface area contributed by atoms with Crippen LogP contribution in [0.2, 0.25) is 0 Å². The van der Waals surface area contributed by atoms with Gasteiger partial charge in [-0.25, -0.2) is 36.4 Å². The Labute approximate surface area is 189 Å². The summed E-state index contributed by atoms with van der Waals surface area (Å²) in [4.78, 5) is 0. The predicted octanol–water partition coefficient (Wildman–Crippen LogP) is 7.59. The molecule has 3 aromatic rings. The first-order valence-corrected chi connectivity index (χ1v) is 9.06. The second-order valence-electron chi connectivity index (χ2n) is 7.12. The van der Waals surface area contributed by atoms with Crippen LogP contribution in [-0.2, 0) is 0 Å². The molecule has 133 valence electrons. The fourth-order valence-electron chi connectivity index (χ4n) is 2.32. The molecule has 0 aliphatic rings. The van der Waals surface area contributed by atoms with Crippen molar-refractivity contribution in [1.29, 1.82) is 0 Å². The zero-order valence-electron chi connectivity index (χ0n) is 16.7. The summed E-state index contributed by atoms with van der Waals surface area (Å²) in [6.45, 7) is 13.2. The van der Waals surface area contributed by atoms with Crippen LogP contribution in [0.3, 0.4) is 0 Å². The smallest absolute Gasteiger partial charge is 0.213 e. The third kappa shape index (κ3) is 10.2. The second-order valence-corrected chi connectivity index (χ2v) is 7.12. The van der Waals surface area contributed by atoms with Crippen LogP contribution >= 0.6 is 0 Å². The molecule has 0 aliphatic heterocycles. The fourth-order valence-corrected chi connectivity index (χ4v) is 2.32. The molecule has 1 radical (unpaired) electrons. The van der Waals surface area contributed by atoms with Crippen LogP contribution in [0.15, 0.2) is 72.8 Å². The topological polar surface area (TPSA) is 0 Å². The van der Waals surface area contributed by atoms with Gasteiger partial charge in [0.1, 0.15) is 0 Å². The minimum absolute atomic E-state index is 0. The zero-order valence-corrected chi connectivity index (χ0v) is 19.8. The van der Waals surface area contributed by atoms with Gasteiger partial charge in [0.05, 0.1) is 0 Å². The molecule has 0 saturated carbocycles. The molecule has 0 aromatic heterocycles. The van der Waals surface area contributed by atoms with Gasteiger partial charge >= 0.3 is 41.7 Å². The zero-order chi connectivity index (χ0) is 17.9. The Hall–Kier alpha value is -0.573. The Morgan fingerprint density at radius 1 is 0.400 bits per heavy atom. The molecule has 0 atom stereocenters. The normalized spacial score (nSPS) is 9.96. The van der Waals surface area contributed by atoms with E-state index in [-0.39, 0.29) is 41.7 Å². The van der Waals surface area contributed by atoms with Crippen molar-refractivity contribution in [3.63, 3.8) is 0 Å². The van der Waals surface area contributed by atoms with E-state index < -0.39 is 0 Å². The van der Waals surface area contributed by atoms with Crippen LogP contribution in [-0.4, -0.2) is 0 Å². The predicted molar refractivity (Wildman–Crippen MR) is 108 cm³/mol. The molecule has 3 rings (SSSR count). The van der Waals surface area contributed by atoms with Crippen LogP contribution in [0.4, 0.5) is 0 Å². The van der Waals surface area contributed by atoms with Crippen molar-refractivity contribution in [3.05, 3.63) is 89.5 Å². The first-order chi connectivity index (χ1) is 11.4. The summed E-state index contributed by atoms with van der Waals surface area (Å²) in [5.41, 5.74) is 4.31. The van der Waals surface area contributed by atoms with Gasteiger partial charge in [0, 0.05) is 0 Å². The van der Waals surface area contributed by atoms with Gasteiger partial charge < -0.3 is 0 Å². The Bertz CT molecular complexity index is 502. The third-order valence-electron chi connectivity index (χ3n) is 4.07. The monoisotopic (exact) mass is 461 g/mol. The second kappa shape index (κ2) is 13.6. The van der Waals surface area contributed by atoms with Gasteiger partial charge in [-0.15, -0.1) is 0 Å². The van der Waals surface area contributed by atoms with Crippen molar-refractivity contribution in [2.24, 2.45) is 0 Å². The quantitative estimate of drug-likeness (QED) is 0.353. The summed E-state index contributed by atoms with van der Waals surface area (Å²) < 4.78 is 0. The first-order valence-electron chi connectivity index (χ1n) is 9.06. The minimum Gasteiger partial charge on any atom is -0.213 e. The van der Waals surface area contributed by atoms with E-state index in [2.05, 4.69) is 114 Å². The van der Waals surface area contributed by atoms with Crippen molar-refractivity contribution < 1.29 is 41.7 Å². The summed E-state index contributed by atoms with van der Waals surface area (Å²) >= 11 is 0. The van der Waals surface area contributed by atoms with Gasteiger partial charge in [0.15, 0.2) is 0 Å². The third-order valence-corrected chi connectivity index (χ3v) is 4.07. The van der Waals surface area contributed by atoms with Crippen LogP contribution in [0.25, 0.3) is 0 Å². The van der Waals surface area contributed by atoms with E-state index in [4.69, 9.17) is 0 Å². The van der Waals surface area contributed by atoms with Crippen LogP contribution in [0, 0.1) is 41.7 Å². The van der Waals surface area contributed by atoms with Crippen molar-refractivity contribution in [2.45, 2.75) is 59.3 Å². The molecule has 0 amide bonds. The maximum Gasteiger partial charge on any atom is 3.00 e. The van der Waals surface area contributed by atoms with E-state index >= 15 is 0 Å². The Balaban J connectivity index is 0.000000339. The van der Waals surface area contributed by atoms with E-state index in [1.54, 1.807) is 0 Å². The van der Waals surface area contributed by atoms with Crippen LogP contribution < -0.4 is 0 Å². The maximum atomic E-state index is 2.20. The van der Waals surface area contributed by atoms with Gasteiger partial charge in [-0.05, 0) is 0 Å². The van der Waals surface area contributed by atoms with E-state index in [1.807, 2.05) is 0 Å². The standard InChI is InChI=1S/3C8H11.Ce/c3*1-7(2)8-5-3-4-6-8;/h3*3-7H,1-2H3;/q3*-1;+3. The van der Waals surface area contributed by atoms with Crippen molar-refractivity contribution in [2.75, 3.05) is 0 Å².